The molecule has 0 radical (unpaired) electrons. The van der Waals surface area contributed by atoms with Crippen LogP contribution in [-0.2, 0) is 28.7 Å². The van der Waals surface area contributed by atoms with Crippen LogP contribution in [-0.4, -0.2) is 68.6 Å². The van der Waals surface area contributed by atoms with Gasteiger partial charge in [-0.25, -0.2) is 4.79 Å². The average Bonchev–Trinajstić information content (AvgIpc) is 2.95. The van der Waals surface area contributed by atoms with E-state index in [-0.39, 0.29) is 24.7 Å². The number of unbranched alkanes of at least 4 members (excludes halogenated alkanes) is 9. The highest BCUT2D eigenvalue weighted by atomic mass is 16.5. The van der Waals surface area contributed by atoms with E-state index in [0.717, 1.165) is 12.8 Å². The van der Waals surface area contributed by atoms with Crippen molar-refractivity contribution >= 4 is 29.6 Å². The molecular formula is C34H64N4O7. The maximum atomic E-state index is 12.8. The Labute approximate surface area is 272 Å². The van der Waals surface area contributed by atoms with E-state index < -0.39 is 34.8 Å². The van der Waals surface area contributed by atoms with Crippen molar-refractivity contribution in [3.05, 3.63) is 0 Å². The maximum absolute atomic E-state index is 12.8. The number of carbonyl (C=O) groups excluding carboxylic acids is 5. The molecule has 0 aliphatic rings. The lowest BCUT2D eigenvalue weighted by molar-refractivity contribution is -0.138. The zero-order valence-corrected chi connectivity index (χ0v) is 29.2. The molecule has 11 heteroatoms. The van der Waals surface area contributed by atoms with E-state index in [2.05, 4.69) is 22.9 Å². The van der Waals surface area contributed by atoms with Gasteiger partial charge in [0.25, 0.3) is 0 Å². The molecule has 0 spiro atoms. The molecule has 5 N–H and O–H groups in total. The molecule has 0 heterocycles. The van der Waals surface area contributed by atoms with Gasteiger partial charge in [0.2, 0.25) is 17.7 Å². The maximum Gasteiger partial charge on any atom is 0.407 e. The van der Waals surface area contributed by atoms with E-state index in [1.807, 2.05) is 0 Å². The first-order valence-electron chi connectivity index (χ1n) is 17.1. The highest BCUT2D eigenvalue weighted by molar-refractivity contribution is 5.93. The third-order valence-electron chi connectivity index (χ3n) is 7.63. The van der Waals surface area contributed by atoms with E-state index >= 15 is 0 Å². The van der Waals surface area contributed by atoms with Crippen molar-refractivity contribution in [3.63, 3.8) is 0 Å². The molecule has 0 aromatic heterocycles. The Bertz CT molecular complexity index is 871. The number of alkyl carbamates (subject to hydrolysis) is 1. The minimum Gasteiger partial charge on any atom is -0.449 e. The van der Waals surface area contributed by atoms with Gasteiger partial charge < -0.3 is 31.2 Å². The van der Waals surface area contributed by atoms with E-state index in [9.17, 15) is 24.0 Å². The molecule has 11 nitrogen and oxygen atoms in total. The number of carbonyl (C=O) groups is 5. The summed E-state index contributed by atoms with van der Waals surface area (Å²) in [6.45, 7) is 12.8. The van der Waals surface area contributed by atoms with Crippen LogP contribution >= 0.6 is 0 Å². The number of hydrogen-bond acceptors (Lipinski definition) is 7. The van der Waals surface area contributed by atoms with Gasteiger partial charge in [-0.1, -0.05) is 92.9 Å². The van der Waals surface area contributed by atoms with Crippen molar-refractivity contribution in [2.24, 2.45) is 16.6 Å². The van der Waals surface area contributed by atoms with Crippen molar-refractivity contribution in [2.75, 3.05) is 32.9 Å². The lowest BCUT2D eigenvalue weighted by Crippen LogP contribution is -2.49. The predicted octanol–water partition coefficient (Wildman–Crippen LogP) is 5.33. The highest BCUT2D eigenvalue weighted by Crippen LogP contribution is 2.28. The molecule has 0 aromatic rings. The number of rotatable bonds is 27. The minimum atomic E-state index is -0.976. The van der Waals surface area contributed by atoms with E-state index in [4.69, 9.17) is 15.2 Å². The van der Waals surface area contributed by atoms with Gasteiger partial charge in [-0.05, 0) is 25.7 Å². The van der Waals surface area contributed by atoms with Crippen LogP contribution in [0, 0.1) is 10.8 Å². The zero-order chi connectivity index (χ0) is 34.1. The summed E-state index contributed by atoms with van der Waals surface area (Å²) in [6, 6.07) is -0.860. The summed E-state index contributed by atoms with van der Waals surface area (Å²) in [5.41, 5.74) is 3.95. The number of amides is 4. The summed E-state index contributed by atoms with van der Waals surface area (Å²) in [6.07, 6.45) is 13.1. The summed E-state index contributed by atoms with van der Waals surface area (Å²) in [7, 11) is 0. The fourth-order valence-corrected chi connectivity index (χ4v) is 4.48. The first-order valence-corrected chi connectivity index (χ1v) is 17.1. The fraction of sp³-hybridized carbons (Fsp3) is 0.853. The molecule has 4 amide bonds. The molecule has 0 bridgehead atoms. The second kappa shape index (κ2) is 24.5. The SMILES string of the molecule is CCCCCCCCCCCC(=O)NCCOCCCOC(=O)NCCCC[C@H](NC(=O)C(C)(C)CC(=O)C(C)(C)C)C(N)=O. The van der Waals surface area contributed by atoms with Crippen LogP contribution < -0.4 is 21.7 Å². The summed E-state index contributed by atoms with van der Waals surface area (Å²) in [5, 5.41) is 8.21. The first-order chi connectivity index (χ1) is 21.2. The van der Waals surface area contributed by atoms with Gasteiger partial charge in [0.05, 0.1) is 18.6 Å². The number of ketones is 1. The van der Waals surface area contributed by atoms with E-state index in [0.29, 0.717) is 58.4 Å². The highest BCUT2D eigenvalue weighted by Gasteiger charge is 2.36. The second-order valence-electron chi connectivity index (χ2n) is 13.6. The number of primary amides is 1. The second-order valence-corrected chi connectivity index (χ2v) is 13.6. The minimum absolute atomic E-state index is 0.0382. The number of hydrogen-bond donors (Lipinski definition) is 4. The van der Waals surface area contributed by atoms with Crippen molar-refractivity contribution in [1.29, 1.82) is 0 Å². The zero-order valence-electron chi connectivity index (χ0n) is 29.2. The Balaban J connectivity index is 3.85. The van der Waals surface area contributed by atoms with Crippen LogP contribution in [0.2, 0.25) is 0 Å². The summed E-state index contributed by atoms with van der Waals surface area (Å²) in [4.78, 5) is 60.9. The van der Waals surface area contributed by atoms with Gasteiger partial charge in [0.1, 0.15) is 11.8 Å². The van der Waals surface area contributed by atoms with Crippen molar-refractivity contribution in [3.8, 4) is 0 Å². The lowest BCUT2D eigenvalue weighted by atomic mass is 9.78. The molecule has 262 valence electrons. The molecular weight excluding hydrogens is 576 g/mol. The standard InChI is InChI=1S/C34H64N4O7/c1-7-8-9-10-11-12-13-14-15-20-29(40)36-22-25-44-23-18-24-45-32(43)37-21-17-16-19-27(30(35)41)38-31(42)34(5,6)26-28(39)33(2,3)4/h27H,7-26H2,1-6H3,(H2,35,41)(H,36,40)(H,37,43)(H,38,42)/t27-/m0/s1. The van der Waals surface area contributed by atoms with E-state index in [1.54, 1.807) is 34.6 Å². The number of nitrogens with two attached hydrogens (primary N) is 1. The van der Waals surface area contributed by atoms with Crippen molar-refractivity contribution < 1.29 is 33.4 Å². The molecule has 0 aromatic carbocycles. The van der Waals surface area contributed by atoms with Gasteiger partial charge in [-0.15, -0.1) is 0 Å². The molecule has 0 aliphatic carbocycles. The Morgan fingerprint density at radius 2 is 1.33 bits per heavy atom. The fourth-order valence-electron chi connectivity index (χ4n) is 4.48. The molecule has 1 atom stereocenters. The van der Waals surface area contributed by atoms with Crippen LogP contribution in [0.4, 0.5) is 4.79 Å². The molecule has 0 saturated heterocycles. The smallest absolute Gasteiger partial charge is 0.407 e. The lowest BCUT2D eigenvalue weighted by Gasteiger charge is -2.28. The largest absolute Gasteiger partial charge is 0.449 e. The van der Waals surface area contributed by atoms with Gasteiger partial charge in [-0.3, -0.25) is 19.2 Å². The first kappa shape index (κ1) is 42.3. The quantitative estimate of drug-likeness (QED) is 0.0881. The molecule has 45 heavy (non-hydrogen) atoms. The molecule has 0 fully saturated rings. The van der Waals surface area contributed by atoms with Crippen LogP contribution in [0.3, 0.4) is 0 Å². The van der Waals surface area contributed by atoms with Crippen LogP contribution in [0.25, 0.3) is 0 Å². The number of nitrogens with one attached hydrogen (secondary N) is 3. The van der Waals surface area contributed by atoms with Gasteiger partial charge in [0.15, 0.2) is 0 Å². The molecule has 0 aliphatic heterocycles. The Hall–Kier alpha value is -2.69. The average molecular weight is 641 g/mol. The third kappa shape index (κ3) is 23.3. The molecule has 0 saturated carbocycles. The van der Waals surface area contributed by atoms with Crippen molar-refractivity contribution in [2.45, 2.75) is 144 Å². The monoisotopic (exact) mass is 640 g/mol. The van der Waals surface area contributed by atoms with Crippen molar-refractivity contribution in [1.82, 2.24) is 16.0 Å². The van der Waals surface area contributed by atoms with Crippen LogP contribution in [0.5, 0.6) is 0 Å². The number of ether oxygens (including phenoxy) is 2. The molecule has 0 rings (SSSR count). The third-order valence-corrected chi connectivity index (χ3v) is 7.63. The normalized spacial score (nSPS) is 12.3. The summed E-state index contributed by atoms with van der Waals surface area (Å²) < 4.78 is 10.6. The van der Waals surface area contributed by atoms with E-state index in [1.165, 1.54) is 44.9 Å². The summed E-state index contributed by atoms with van der Waals surface area (Å²) >= 11 is 0. The predicted molar refractivity (Wildman–Crippen MR) is 177 cm³/mol. The topological polar surface area (TPSA) is 166 Å². The van der Waals surface area contributed by atoms with Crippen LogP contribution in [0.1, 0.15) is 138 Å². The Morgan fingerprint density at radius 3 is 1.93 bits per heavy atom. The molecule has 0 unspecified atom stereocenters. The van der Waals surface area contributed by atoms with Gasteiger partial charge >= 0.3 is 6.09 Å². The summed E-state index contributed by atoms with van der Waals surface area (Å²) in [5.74, 6) is -1.02. The van der Waals surface area contributed by atoms with Gasteiger partial charge in [0, 0.05) is 44.4 Å². The van der Waals surface area contributed by atoms with Crippen LogP contribution in [0.15, 0.2) is 0 Å². The Kier molecular flexibility index (Phi) is 23.1. The van der Waals surface area contributed by atoms with Gasteiger partial charge in [-0.2, -0.15) is 0 Å². The number of Topliss-reactive ketones (excluding diaryl/α,β-unsaturated/α-hetero) is 1. The Morgan fingerprint density at radius 1 is 0.711 bits per heavy atom.